The fraction of sp³-hybridized carbons (Fsp3) is 0.893. The van der Waals surface area contributed by atoms with Crippen LogP contribution in [0.4, 0.5) is 0 Å². The van der Waals surface area contributed by atoms with E-state index in [4.69, 9.17) is 14.2 Å². The minimum atomic E-state index is -0.729. The van der Waals surface area contributed by atoms with Gasteiger partial charge in [0.25, 0.3) is 0 Å². The number of hydrogen-bond acceptors (Lipinski definition) is 7. The van der Waals surface area contributed by atoms with Gasteiger partial charge in [-0.15, -0.1) is 0 Å². The summed E-state index contributed by atoms with van der Waals surface area (Å²) in [4.78, 5) is 30.2. The van der Waals surface area contributed by atoms with Crippen molar-refractivity contribution in [2.75, 3.05) is 6.54 Å². The second-order valence-electron chi connectivity index (χ2n) is 13.7. The SMILES string of the molecule is CC(=O)O[C@@H]1CC2C(C)(C)[C@H](O)CC[C@]2(C)C2CC[C@@]3(C)[C@H](C4C=NCC4)OC(=O)C4OC43[C@@]21C. The average molecular weight is 488 g/mol. The molecular weight excluding hydrogens is 446 g/mol. The van der Waals surface area contributed by atoms with Crippen LogP contribution in [0.5, 0.6) is 0 Å². The number of hydrogen-bond donors (Lipinski definition) is 1. The molecule has 1 N–H and O–H groups in total. The molecule has 0 bridgehead atoms. The maximum atomic E-state index is 13.3. The Morgan fingerprint density at radius 3 is 2.51 bits per heavy atom. The van der Waals surface area contributed by atoms with Gasteiger partial charge in [-0.05, 0) is 61.2 Å². The van der Waals surface area contributed by atoms with Crippen molar-refractivity contribution in [3.8, 4) is 0 Å². The zero-order valence-corrected chi connectivity index (χ0v) is 22.0. The van der Waals surface area contributed by atoms with E-state index < -0.39 is 17.1 Å². The number of epoxide rings is 1. The van der Waals surface area contributed by atoms with Crippen molar-refractivity contribution in [2.45, 2.75) is 110 Å². The molecule has 0 aromatic rings. The van der Waals surface area contributed by atoms with Gasteiger partial charge < -0.3 is 19.3 Å². The Bertz CT molecular complexity index is 994. The molecule has 0 aromatic carbocycles. The van der Waals surface area contributed by atoms with Crippen molar-refractivity contribution >= 4 is 18.2 Å². The fourth-order valence-electron chi connectivity index (χ4n) is 10.4. The largest absolute Gasteiger partial charge is 0.462 e. The molecule has 2 saturated heterocycles. The molecule has 35 heavy (non-hydrogen) atoms. The van der Waals surface area contributed by atoms with Crippen molar-refractivity contribution in [3.05, 3.63) is 0 Å². The van der Waals surface area contributed by atoms with E-state index in [1.165, 1.54) is 6.92 Å². The number of carbonyl (C=O) groups is 2. The summed E-state index contributed by atoms with van der Waals surface area (Å²) in [5, 5.41) is 11.0. The van der Waals surface area contributed by atoms with Gasteiger partial charge in [0.1, 0.15) is 17.8 Å². The van der Waals surface area contributed by atoms with Gasteiger partial charge in [0.15, 0.2) is 6.10 Å². The summed E-state index contributed by atoms with van der Waals surface area (Å²) in [7, 11) is 0. The average Bonchev–Trinajstić information content (AvgIpc) is 3.35. The Labute approximate surface area is 208 Å². The molecular formula is C28H41NO6. The molecule has 3 aliphatic carbocycles. The van der Waals surface area contributed by atoms with Crippen LogP contribution in [-0.2, 0) is 23.8 Å². The van der Waals surface area contributed by atoms with Crippen LogP contribution in [0.3, 0.4) is 0 Å². The molecule has 3 saturated carbocycles. The van der Waals surface area contributed by atoms with Crippen LogP contribution < -0.4 is 0 Å². The molecule has 6 rings (SSSR count). The smallest absolute Gasteiger partial charge is 0.338 e. The van der Waals surface area contributed by atoms with Gasteiger partial charge >= 0.3 is 11.9 Å². The molecule has 3 aliphatic heterocycles. The Hall–Kier alpha value is -1.47. The highest BCUT2D eigenvalue weighted by molar-refractivity contribution is 5.83. The number of aliphatic hydroxyl groups is 1. The molecule has 5 unspecified atom stereocenters. The maximum Gasteiger partial charge on any atom is 0.338 e. The van der Waals surface area contributed by atoms with E-state index in [0.717, 1.165) is 38.6 Å². The molecule has 5 fully saturated rings. The lowest BCUT2D eigenvalue weighted by molar-refractivity contribution is -0.275. The first-order valence-electron chi connectivity index (χ1n) is 13.6. The van der Waals surface area contributed by atoms with Gasteiger partial charge in [-0.3, -0.25) is 9.79 Å². The van der Waals surface area contributed by atoms with Crippen LogP contribution in [-0.4, -0.2) is 59.8 Å². The summed E-state index contributed by atoms with van der Waals surface area (Å²) in [6, 6.07) is 0. The number of aliphatic hydroxyl groups excluding tert-OH is 1. The highest BCUT2D eigenvalue weighted by Gasteiger charge is 2.88. The van der Waals surface area contributed by atoms with Crippen molar-refractivity contribution in [1.82, 2.24) is 0 Å². The first-order chi connectivity index (χ1) is 16.3. The molecule has 194 valence electrons. The molecule has 1 spiro atoms. The number of rotatable bonds is 2. The monoisotopic (exact) mass is 487 g/mol. The molecule has 3 heterocycles. The predicted molar refractivity (Wildman–Crippen MR) is 129 cm³/mol. The molecule has 0 aromatic heterocycles. The maximum absolute atomic E-state index is 13.3. The lowest BCUT2D eigenvalue weighted by Gasteiger charge is -2.70. The third-order valence-corrected chi connectivity index (χ3v) is 12.0. The summed E-state index contributed by atoms with van der Waals surface area (Å²) in [5.74, 6) is -0.0810. The Morgan fingerprint density at radius 2 is 1.86 bits per heavy atom. The first kappa shape index (κ1) is 23.9. The standard InChI is InChI=1S/C28H41NO6/c1-15(30)33-20-13-18-24(2,3)19(31)8-10-25(18,4)17-7-11-26(5)21(16-9-12-29-14-16)34-23(32)22-28(26,35-22)27(17,20)6/h14,16-22,31H,7-13H2,1-6H3/t16?,17?,18?,19-,20-,21+,22?,25-,26+,27+,28?/m1/s1. The van der Waals surface area contributed by atoms with E-state index in [9.17, 15) is 14.7 Å². The van der Waals surface area contributed by atoms with E-state index in [2.05, 4.69) is 39.6 Å². The summed E-state index contributed by atoms with van der Waals surface area (Å²) in [6.07, 6.45) is 5.40. The number of cyclic esters (lactones) is 1. The zero-order chi connectivity index (χ0) is 25.2. The van der Waals surface area contributed by atoms with Gasteiger partial charge in [-0.2, -0.15) is 0 Å². The molecule has 6 aliphatic rings. The van der Waals surface area contributed by atoms with Gasteiger partial charge in [-0.1, -0.05) is 34.6 Å². The Balaban J connectivity index is 1.51. The molecule has 11 atom stereocenters. The molecule has 7 nitrogen and oxygen atoms in total. The van der Waals surface area contributed by atoms with Crippen molar-refractivity contribution in [1.29, 1.82) is 0 Å². The third-order valence-electron chi connectivity index (χ3n) is 12.0. The summed E-state index contributed by atoms with van der Waals surface area (Å²) in [5.41, 5.74) is -1.99. The Morgan fingerprint density at radius 1 is 1.11 bits per heavy atom. The fourth-order valence-corrected chi connectivity index (χ4v) is 10.4. The lowest BCUT2D eigenvalue weighted by atomic mass is 9.34. The number of fused-ring (bicyclic) bond motifs is 3. The quantitative estimate of drug-likeness (QED) is 0.471. The predicted octanol–water partition coefficient (Wildman–Crippen LogP) is 3.70. The van der Waals surface area contributed by atoms with Crippen molar-refractivity contribution < 1.29 is 28.9 Å². The van der Waals surface area contributed by atoms with Gasteiger partial charge in [0.05, 0.1) is 6.10 Å². The second-order valence-corrected chi connectivity index (χ2v) is 13.7. The van der Waals surface area contributed by atoms with Crippen LogP contribution in [0.15, 0.2) is 4.99 Å². The van der Waals surface area contributed by atoms with Crippen LogP contribution in [0.1, 0.15) is 80.1 Å². The molecule has 7 heteroatoms. The van der Waals surface area contributed by atoms with E-state index in [-0.39, 0.29) is 64.2 Å². The lowest BCUT2D eigenvalue weighted by Crippen LogP contribution is -2.75. The number of nitrogens with zero attached hydrogens (tertiary/aromatic N) is 1. The molecule has 0 amide bonds. The van der Waals surface area contributed by atoms with Crippen LogP contribution >= 0.6 is 0 Å². The number of carbonyl (C=O) groups excluding carboxylic acids is 2. The minimum absolute atomic E-state index is 0.0492. The number of aliphatic imine (C=N–C) groups is 1. The van der Waals surface area contributed by atoms with Gasteiger partial charge in [-0.25, -0.2) is 4.79 Å². The minimum Gasteiger partial charge on any atom is -0.462 e. The van der Waals surface area contributed by atoms with Crippen molar-refractivity contribution in [2.24, 2.45) is 44.4 Å². The molecule has 0 radical (unpaired) electrons. The van der Waals surface area contributed by atoms with E-state index >= 15 is 0 Å². The number of ether oxygens (including phenoxy) is 3. The van der Waals surface area contributed by atoms with E-state index in [0.29, 0.717) is 6.42 Å². The van der Waals surface area contributed by atoms with Gasteiger partial charge in [0, 0.05) is 36.4 Å². The topological polar surface area (TPSA) is 97.7 Å². The summed E-state index contributed by atoms with van der Waals surface area (Å²) >= 11 is 0. The van der Waals surface area contributed by atoms with E-state index in [1.54, 1.807) is 0 Å². The highest BCUT2D eigenvalue weighted by atomic mass is 16.7. The van der Waals surface area contributed by atoms with E-state index in [1.807, 2.05) is 6.21 Å². The Kier molecular flexibility index (Phi) is 4.84. The first-order valence-corrected chi connectivity index (χ1v) is 13.6. The van der Waals surface area contributed by atoms with Crippen LogP contribution in [0.2, 0.25) is 0 Å². The third kappa shape index (κ3) is 2.67. The van der Waals surface area contributed by atoms with Crippen LogP contribution in [0.25, 0.3) is 0 Å². The highest BCUT2D eigenvalue weighted by Crippen LogP contribution is 2.79. The zero-order valence-electron chi connectivity index (χ0n) is 22.0. The van der Waals surface area contributed by atoms with Crippen molar-refractivity contribution in [3.63, 3.8) is 0 Å². The second kappa shape index (κ2) is 7.09. The van der Waals surface area contributed by atoms with Gasteiger partial charge in [0.2, 0.25) is 0 Å². The summed E-state index contributed by atoms with van der Waals surface area (Å²) < 4.78 is 18.9. The summed E-state index contributed by atoms with van der Waals surface area (Å²) in [6.45, 7) is 13.4. The number of esters is 2. The normalized spacial score (nSPS) is 55.6. The van der Waals surface area contributed by atoms with Crippen LogP contribution in [0, 0.1) is 39.4 Å².